The zero-order valence-corrected chi connectivity index (χ0v) is 16.3. The van der Waals surface area contributed by atoms with E-state index in [1.165, 1.54) is 36.0 Å². The van der Waals surface area contributed by atoms with Crippen LogP contribution >= 0.6 is 0 Å². The standard InChI is InChI=1S/C21H28N6O/c1-28-13-14-2-3-15-11-27(12-17(15)8-14)21-22-7-6-20(25-21)24-18-4-5-19-16(9-18)10-23-26-19/h2-3,6-8,16,18-19,23,26H,4-5,9-13H2,1H3,(H,22,24,25). The van der Waals surface area contributed by atoms with Crippen LogP contribution in [0.1, 0.15) is 36.0 Å². The molecule has 5 rings (SSSR count). The molecule has 1 saturated carbocycles. The zero-order valence-electron chi connectivity index (χ0n) is 16.3. The van der Waals surface area contributed by atoms with Gasteiger partial charge in [-0.15, -0.1) is 0 Å². The van der Waals surface area contributed by atoms with Gasteiger partial charge in [0.2, 0.25) is 5.95 Å². The molecular weight excluding hydrogens is 352 g/mol. The molecule has 7 heteroatoms. The molecule has 2 aromatic rings. The number of methoxy groups -OCH3 is 1. The number of nitrogens with zero attached hydrogens (tertiary/aromatic N) is 3. The second kappa shape index (κ2) is 7.66. The van der Waals surface area contributed by atoms with E-state index in [9.17, 15) is 0 Å². The van der Waals surface area contributed by atoms with Crippen LogP contribution in [0, 0.1) is 5.92 Å². The zero-order chi connectivity index (χ0) is 18.9. The molecule has 3 aliphatic rings. The van der Waals surface area contributed by atoms with Crippen LogP contribution in [-0.2, 0) is 24.4 Å². The Kier molecular flexibility index (Phi) is 4.88. The van der Waals surface area contributed by atoms with E-state index >= 15 is 0 Å². The minimum Gasteiger partial charge on any atom is -0.380 e. The highest BCUT2D eigenvalue weighted by molar-refractivity contribution is 5.48. The lowest BCUT2D eigenvalue weighted by Gasteiger charge is -2.31. The largest absolute Gasteiger partial charge is 0.380 e. The van der Waals surface area contributed by atoms with Crippen molar-refractivity contribution in [3.63, 3.8) is 0 Å². The Balaban J connectivity index is 1.26. The SMILES string of the molecule is COCc1ccc2c(c1)CN(c1nccc(NC3CCC4NNCC4C3)n1)C2. The molecule has 0 amide bonds. The highest BCUT2D eigenvalue weighted by Gasteiger charge is 2.33. The molecule has 0 radical (unpaired) electrons. The number of hydrazine groups is 1. The number of ether oxygens (including phenoxy) is 1. The molecule has 3 unspecified atom stereocenters. The van der Waals surface area contributed by atoms with E-state index in [1.54, 1.807) is 7.11 Å². The third-order valence-electron chi connectivity index (χ3n) is 6.22. The third kappa shape index (κ3) is 3.57. The van der Waals surface area contributed by atoms with Gasteiger partial charge < -0.3 is 15.0 Å². The Morgan fingerprint density at radius 2 is 2.14 bits per heavy atom. The van der Waals surface area contributed by atoms with Gasteiger partial charge in [-0.05, 0) is 47.9 Å². The maximum Gasteiger partial charge on any atom is 0.227 e. The van der Waals surface area contributed by atoms with Crippen LogP contribution < -0.4 is 21.1 Å². The molecular formula is C21H28N6O. The van der Waals surface area contributed by atoms with E-state index in [-0.39, 0.29) is 0 Å². The van der Waals surface area contributed by atoms with Crippen molar-refractivity contribution in [1.82, 2.24) is 20.8 Å². The summed E-state index contributed by atoms with van der Waals surface area (Å²) in [6.07, 6.45) is 5.43. The Morgan fingerprint density at radius 1 is 1.21 bits per heavy atom. The molecule has 3 N–H and O–H groups in total. The van der Waals surface area contributed by atoms with Crippen LogP contribution in [0.3, 0.4) is 0 Å². The second-order valence-electron chi connectivity index (χ2n) is 8.18. The molecule has 2 aliphatic heterocycles. The number of rotatable bonds is 5. The highest BCUT2D eigenvalue weighted by Crippen LogP contribution is 2.30. The van der Waals surface area contributed by atoms with Crippen molar-refractivity contribution in [2.45, 2.75) is 51.0 Å². The Morgan fingerprint density at radius 3 is 3.07 bits per heavy atom. The van der Waals surface area contributed by atoms with Crippen molar-refractivity contribution in [2.24, 2.45) is 5.92 Å². The topological polar surface area (TPSA) is 74.3 Å². The van der Waals surface area contributed by atoms with E-state index in [2.05, 4.69) is 44.3 Å². The van der Waals surface area contributed by atoms with Gasteiger partial charge in [-0.1, -0.05) is 18.2 Å². The fourth-order valence-corrected chi connectivity index (χ4v) is 4.77. The number of hydrogen-bond donors (Lipinski definition) is 3. The van der Waals surface area contributed by atoms with Crippen molar-refractivity contribution >= 4 is 11.8 Å². The number of anilines is 2. The first-order valence-electron chi connectivity index (χ1n) is 10.2. The third-order valence-corrected chi connectivity index (χ3v) is 6.22. The first-order chi connectivity index (χ1) is 13.8. The summed E-state index contributed by atoms with van der Waals surface area (Å²) in [4.78, 5) is 11.6. The fraction of sp³-hybridized carbons (Fsp3) is 0.524. The first-order valence-corrected chi connectivity index (χ1v) is 10.2. The van der Waals surface area contributed by atoms with E-state index < -0.39 is 0 Å². The maximum atomic E-state index is 5.26. The highest BCUT2D eigenvalue weighted by atomic mass is 16.5. The van der Waals surface area contributed by atoms with Crippen molar-refractivity contribution < 1.29 is 4.74 Å². The van der Waals surface area contributed by atoms with Crippen molar-refractivity contribution in [1.29, 1.82) is 0 Å². The smallest absolute Gasteiger partial charge is 0.227 e. The maximum absolute atomic E-state index is 5.26. The molecule has 7 nitrogen and oxygen atoms in total. The number of nitrogens with one attached hydrogen (secondary N) is 3. The lowest BCUT2D eigenvalue weighted by atomic mass is 9.83. The van der Waals surface area contributed by atoms with E-state index in [1.807, 2.05) is 12.3 Å². The van der Waals surface area contributed by atoms with Crippen molar-refractivity contribution in [3.8, 4) is 0 Å². The van der Waals surface area contributed by atoms with Crippen LogP contribution in [-0.4, -0.2) is 35.7 Å². The summed E-state index contributed by atoms with van der Waals surface area (Å²) >= 11 is 0. The van der Waals surface area contributed by atoms with Gasteiger partial charge in [0.1, 0.15) is 5.82 Å². The molecule has 148 valence electrons. The molecule has 1 aromatic heterocycles. The number of aromatic nitrogens is 2. The van der Waals surface area contributed by atoms with E-state index in [0.29, 0.717) is 24.6 Å². The Bertz CT molecular complexity index is 843. The summed E-state index contributed by atoms with van der Waals surface area (Å²) in [7, 11) is 1.73. The average Bonchev–Trinajstić information content (AvgIpc) is 3.34. The van der Waals surface area contributed by atoms with Crippen LogP contribution in [0.2, 0.25) is 0 Å². The normalized spacial score (nSPS) is 26.2. The van der Waals surface area contributed by atoms with Crippen LogP contribution in [0.15, 0.2) is 30.5 Å². The van der Waals surface area contributed by atoms with Gasteiger partial charge in [-0.3, -0.25) is 10.9 Å². The van der Waals surface area contributed by atoms with Gasteiger partial charge in [0.05, 0.1) is 6.61 Å². The number of fused-ring (bicyclic) bond motifs is 2. The lowest BCUT2D eigenvalue weighted by Crippen LogP contribution is -2.39. The molecule has 0 bridgehead atoms. The quantitative estimate of drug-likeness (QED) is 0.734. The summed E-state index contributed by atoms with van der Waals surface area (Å²) in [5, 5.41) is 3.65. The predicted octanol–water partition coefficient (Wildman–Crippen LogP) is 2.20. The average molecular weight is 380 g/mol. The van der Waals surface area contributed by atoms with Gasteiger partial charge in [0, 0.05) is 45.0 Å². The number of benzene rings is 1. The summed E-state index contributed by atoms with van der Waals surface area (Å²) < 4.78 is 5.26. The van der Waals surface area contributed by atoms with Gasteiger partial charge in [0.15, 0.2) is 0 Å². The number of hydrogen-bond acceptors (Lipinski definition) is 7. The van der Waals surface area contributed by atoms with Gasteiger partial charge in [0.25, 0.3) is 0 Å². The lowest BCUT2D eigenvalue weighted by molar-refractivity contribution is 0.185. The second-order valence-corrected chi connectivity index (χ2v) is 8.18. The molecule has 1 saturated heterocycles. The molecule has 0 spiro atoms. The molecule has 3 atom stereocenters. The summed E-state index contributed by atoms with van der Waals surface area (Å²) in [6, 6.07) is 9.69. The van der Waals surface area contributed by atoms with Crippen LogP contribution in [0.4, 0.5) is 11.8 Å². The van der Waals surface area contributed by atoms with Crippen molar-refractivity contribution in [3.05, 3.63) is 47.2 Å². The minimum atomic E-state index is 0.484. The molecule has 28 heavy (non-hydrogen) atoms. The minimum absolute atomic E-state index is 0.484. The summed E-state index contributed by atoms with van der Waals surface area (Å²) in [5.41, 5.74) is 10.6. The molecule has 2 fully saturated rings. The Labute approximate surface area is 165 Å². The summed E-state index contributed by atoms with van der Waals surface area (Å²) in [6.45, 7) is 3.42. The van der Waals surface area contributed by atoms with Crippen LogP contribution in [0.5, 0.6) is 0 Å². The monoisotopic (exact) mass is 380 g/mol. The van der Waals surface area contributed by atoms with E-state index in [0.717, 1.165) is 31.4 Å². The van der Waals surface area contributed by atoms with Gasteiger partial charge >= 0.3 is 0 Å². The summed E-state index contributed by atoms with van der Waals surface area (Å²) in [5.74, 6) is 2.44. The first kappa shape index (κ1) is 17.8. The van der Waals surface area contributed by atoms with Gasteiger partial charge in [-0.25, -0.2) is 4.98 Å². The fourth-order valence-electron chi connectivity index (χ4n) is 4.77. The van der Waals surface area contributed by atoms with Crippen LogP contribution in [0.25, 0.3) is 0 Å². The molecule has 1 aliphatic carbocycles. The predicted molar refractivity (Wildman–Crippen MR) is 109 cm³/mol. The van der Waals surface area contributed by atoms with Crippen molar-refractivity contribution in [2.75, 3.05) is 23.9 Å². The molecule has 3 heterocycles. The van der Waals surface area contributed by atoms with Gasteiger partial charge in [-0.2, -0.15) is 4.98 Å². The van der Waals surface area contributed by atoms with E-state index in [4.69, 9.17) is 9.72 Å². The molecule has 1 aromatic carbocycles. The Hall–Kier alpha value is -2.22.